The number of piperidine rings is 1. The Hall–Kier alpha value is -0.120. The molecule has 3 nitrogen and oxygen atoms in total. The maximum Gasteiger partial charge on any atom is 0.0702 e. The highest BCUT2D eigenvalue weighted by atomic mass is 16.5. The summed E-state index contributed by atoms with van der Waals surface area (Å²) in [6, 6.07) is 0.665. The van der Waals surface area contributed by atoms with Gasteiger partial charge < -0.3 is 10.5 Å². The fourth-order valence-corrected chi connectivity index (χ4v) is 2.51. The number of ether oxygens (including phenoxy) is 1. The number of nitrogens with two attached hydrogens (primary N) is 1. The van der Waals surface area contributed by atoms with Crippen LogP contribution in [0.1, 0.15) is 39.5 Å². The molecule has 0 amide bonds. The van der Waals surface area contributed by atoms with Gasteiger partial charge in [-0.2, -0.15) is 0 Å². The molecular weight excluding hydrogens is 188 g/mol. The quantitative estimate of drug-likeness (QED) is 0.730. The highest BCUT2D eigenvalue weighted by Crippen LogP contribution is 2.18. The molecule has 15 heavy (non-hydrogen) atoms. The van der Waals surface area contributed by atoms with E-state index in [0.29, 0.717) is 12.1 Å². The van der Waals surface area contributed by atoms with E-state index < -0.39 is 0 Å². The fourth-order valence-electron chi connectivity index (χ4n) is 2.51. The van der Waals surface area contributed by atoms with Gasteiger partial charge in [-0.3, -0.25) is 4.90 Å². The molecule has 1 saturated heterocycles. The van der Waals surface area contributed by atoms with Crippen LogP contribution in [0.25, 0.3) is 0 Å². The number of nitrogens with zero attached hydrogens (tertiary/aromatic N) is 1. The van der Waals surface area contributed by atoms with Gasteiger partial charge in [0.2, 0.25) is 0 Å². The van der Waals surface area contributed by atoms with Crippen LogP contribution < -0.4 is 5.73 Å². The summed E-state index contributed by atoms with van der Waals surface area (Å²) >= 11 is 0. The lowest BCUT2D eigenvalue weighted by atomic mass is 10.0. The molecule has 90 valence electrons. The van der Waals surface area contributed by atoms with Gasteiger partial charge in [0.25, 0.3) is 0 Å². The first-order valence-corrected chi connectivity index (χ1v) is 6.37. The smallest absolute Gasteiger partial charge is 0.0702 e. The van der Waals surface area contributed by atoms with Gasteiger partial charge in [0.1, 0.15) is 0 Å². The second-order valence-corrected chi connectivity index (χ2v) is 4.35. The Bertz CT molecular complexity index is 162. The van der Waals surface area contributed by atoms with Crippen molar-refractivity contribution in [2.24, 2.45) is 5.73 Å². The zero-order valence-electron chi connectivity index (χ0n) is 10.2. The summed E-state index contributed by atoms with van der Waals surface area (Å²) in [7, 11) is 0. The van der Waals surface area contributed by atoms with Crippen molar-refractivity contribution in [2.75, 3.05) is 26.2 Å². The van der Waals surface area contributed by atoms with Gasteiger partial charge in [0, 0.05) is 19.2 Å². The molecule has 1 aliphatic rings. The Balaban J connectivity index is 2.39. The van der Waals surface area contributed by atoms with Gasteiger partial charge in [0.15, 0.2) is 0 Å². The number of hydrogen-bond donors (Lipinski definition) is 1. The first-order valence-electron chi connectivity index (χ1n) is 6.37. The van der Waals surface area contributed by atoms with Crippen molar-refractivity contribution in [2.45, 2.75) is 51.7 Å². The van der Waals surface area contributed by atoms with Crippen molar-refractivity contribution >= 4 is 0 Å². The number of rotatable bonds is 6. The molecule has 1 aliphatic heterocycles. The van der Waals surface area contributed by atoms with Crippen LogP contribution in [0.3, 0.4) is 0 Å². The molecule has 2 atom stereocenters. The molecule has 0 spiro atoms. The lowest BCUT2D eigenvalue weighted by Crippen LogP contribution is -2.46. The molecule has 1 heterocycles. The molecule has 0 aromatic rings. The lowest BCUT2D eigenvalue weighted by Gasteiger charge is -2.37. The summed E-state index contributed by atoms with van der Waals surface area (Å²) in [6.07, 6.45) is 5.27. The third kappa shape index (κ3) is 4.09. The van der Waals surface area contributed by atoms with Gasteiger partial charge in [-0.1, -0.05) is 6.92 Å². The number of likely N-dealkylation sites (tertiary alicyclic amines) is 1. The third-order valence-corrected chi connectivity index (χ3v) is 3.30. The van der Waals surface area contributed by atoms with E-state index in [1.807, 2.05) is 0 Å². The van der Waals surface area contributed by atoms with Crippen LogP contribution in [0.15, 0.2) is 0 Å². The van der Waals surface area contributed by atoms with E-state index in [2.05, 4.69) is 18.7 Å². The standard InChI is InChI=1S/C12H26N2O/c1-3-11(7-8-13)14-9-5-6-12(10-14)15-4-2/h11-12H,3-10,13H2,1-2H3. The fraction of sp³-hybridized carbons (Fsp3) is 1.00. The van der Waals surface area contributed by atoms with Gasteiger partial charge >= 0.3 is 0 Å². The van der Waals surface area contributed by atoms with E-state index in [-0.39, 0.29) is 0 Å². The monoisotopic (exact) mass is 214 g/mol. The topological polar surface area (TPSA) is 38.5 Å². The van der Waals surface area contributed by atoms with E-state index in [0.717, 1.165) is 26.1 Å². The molecular formula is C12H26N2O. The molecule has 0 radical (unpaired) electrons. The summed E-state index contributed by atoms with van der Waals surface area (Å²) in [6.45, 7) is 8.30. The van der Waals surface area contributed by atoms with E-state index in [1.165, 1.54) is 25.8 Å². The van der Waals surface area contributed by atoms with E-state index >= 15 is 0 Å². The van der Waals surface area contributed by atoms with E-state index in [9.17, 15) is 0 Å². The lowest BCUT2D eigenvalue weighted by molar-refractivity contribution is -0.00866. The average Bonchev–Trinajstić information content (AvgIpc) is 2.27. The van der Waals surface area contributed by atoms with Crippen LogP contribution in [0.5, 0.6) is 0 Å². The molecule has 2 N–H and O–H groups in total. The van der Waals surface area contributed by atoms with Crippen LogP contribution in [0.2, 0.25) is 0 Å². The Kier molecular flexibility index (Phi) is 6.22. The first kappa shape index (κ1) is 12.9. The predicted octanol–water partition coefficient (Wildman–Crippen LogP) is 1.61. The maximum atomic E-state index is 5.71. The van der Waals surface area contributed by atoms with Gasteiger partial charge in [0.05, 0.1) is 6.10 Å². The normalized spacial score (nSPS) is 25.4. The molecule has 1 fully saturated rings. The van der Waals surface area contributed by atoms with Gasteiger partial charge in [-0.05, 0) is 45.7 Å². The first-order chi connectivity index (χ1) is 7.31. The van der Waals surface area contributed by atoms with Crippen molar-refractivity contribution in [3.05, 3.63) is 0 Å². The number of hydrogen-bond acceptors (Lipinski definition) is 3. The van der Waals surface area contributed by atoms with Crippen LogP contribution >= 0.6 is 0 Å². The Labute approximate surface area is 94.0 Å². The minimum Gasteiger partial charge on any atom is -0.377 e. The second kappa shape index (κ2) is 7.20. The molecule has 2 unspecified atom stereocenters. The second-order valence-electron chi connectivity index (χ2n) is 4.35. The Morgan fingerprint density at radius 2 is 2.27 bits per heavy atom. The maximum absolute atomic E-state index is 5.71. The SMILES string of the molecule is CCOC1CCCN(C(CC)CCN)C1. The minimum absolute atomic E-state index is 0.454. The molecule has 0 aromatic carbocycles. The minimum atomic E-state index is 0.454. The summed E-state index contributed by atoms with van der Waals surface area (Å²) in [4.78, 5) is 2.57. The molecule has 3 heteroatoms. The summed E-state index contributed by atoms with van der Waals surface area (Å²) in [5.74, 6) is 0. The zero-order valence-corrected chi connectivity index (χ0v) is 10.2. The third-order valence-electron chi connectivity index (χ3n) is 3.30. The largest absolute Gasteiger partial charge is 0.377 e. The molecule has 0 aromatic heterocycles. The highest BCUT2D eigenvalue weighted by Gasteiger charge is 2.24. The predicted molar refractivity (Wildman–Crippen MR) is 64.0 cm³/mol. The summed E-state index contributed by atoms with van der Waals surface area (Å²) < 4.78 is 5.71. The van der Waals surface area contributed by atoms with Gasteiger partial charge in [-0.15, -0.1) is 0 Å². The molecule has 1 rings (SSSR count). The van der Waals surface area contributed by atoms with Crippen LogP contribution in [-0.2, 0) is 4.74 Å². The Morgan fingerprint density at radius 1 is 1.47 bits per heavy atom. The molecule has 0 saturated carbocycles. The van der Waals surface area contributed by atoms with Crippen molar-refractivity contribution in [3.8, 4) is 0 Å². The highest BCUT2D eigenvalue weighted by molar-refractivity contribution is 4.79. The van der Waals surface area contributed by atoms with E-state index in [1.54, 1.807) is 0 Å². The average molecular weight is 214 g/mol. The van der Waals surface area contributed by atoms with E-state index in [4.69, 9.17) is 10.5 Å². The Morgan fingerprint density at radius 3 is 2.87 bits per heavy atom. The molecule has 0 bridgehead atoms. The van der Waals surface area contributed by atoms with Crippen molar-refractivity contribution in [1.29, 1.82) is 0 Å². The van der Waals surface area contributed by atoms with Crippen molar-refractivity contribution in [3.63, 3.8) is 0 Å². The van der Waals surface area contributed by atoms with Crippen molar-refractivity contribution in [1.82, 2.24) is 4.90 Å². The summed E-state index contributed by atoms with van der Waals surface area (Å²) in [5.41, 5.74) is 5.65. The zero-order chi connectivity index (χ0) is 11.1. The van der Waals surface area contributed by atoms with Crippen LogP contribution in [0, 0.1) is 0 Å². The summed E-state index contributed by atoms with van der Waals surface area (Å²) in [5, 5.41) is 0. The van der Waals surface area contributed by atoms with Crippen molar-refractivity contribution < 1.29 is 4.74 Å². The van der Waals surface area contributed by atoms with Gasteiger partial charge in [-0.25, -0.2) is 0 Å². The van der Waals surface area contributed by atoms with Crippen LogP contribution in [0.4, 0.5) is 0 Å². The van der Waals surface area contributed by atoms with Crippen LogP contribution in [-0.4, -0.2) is 43.3 Å². The molecule has 0 aliphatic carbocycles.